The van der Waals surface area contributed by atoms with Crippen molar-refractivity contribution in [1.29, 1.82) is 0 Å². The highest BCUT2D eigenvalue weighted by Crippen LogP contribution is 2.30. The van der Waals surface area contributed by atoms with Gasteiger partial charge in [0.1, 0.15) is 0 Å². The van der Waals surface area contributed by atoms with Gasteiger partial charge in [0.25, 0.3) is 0 Å². The molecule has 0 fully saturated rings. The monoisotopic (exact) mass is 407 g/mol. The van der Waals surface area contributed by atoms with Gasteiger partial charge in [0, 0.05) is 18.9 Å². The van der Waals surface area contributed by atoms with E-state index < -0.39 is 0 Å². The quantitative estimate of drug-likeness (QED) is 0.439. The molecular weight excluding hydrogens is 400 g/mol. The molecular formula is C15H9Br2N2S. The van der Waals surface area contributed by atoms with E-state index in [1.807, 2.05) is 48.5 Å². The molecule has 0 saturated carbocycles. The lowest BCUT2D eigenvalue weighted by Gasteiger charge is -2.07. The molecule has 2 nitrogen and oxygen atoms in total. The Morgan fingerprint density at radius 3 is 1.90 bits per heavy atom. The van der Waals surface area contributed by atoms with Crippen LogP contribution in [0.2, 0.25) is 0 Å². The molecule has 20 heavy (non-hydrogen) atoms. The highest BCUT2D eigenvalue weighted by Gasteiger charge is 2.15. The number of hydrogen-bond acceptors (Lipinski definition) is 2. The Hall–Kier alpha value is -1.17. The molecule has 0 amide bonds. The smallest absolute Gasteiger partial charge is 0.243 e. The molecule has 5 heteroatoms. The van der Waals surface area contributed by atoms with Crippen molar-refractivity contribution in [2.75, 3.05) is 0 Å². The number of hydrogen-bond donors (Lipinski definition) is 0. The molecule has 0 N–H and O–H groups in total. The first kappa shape index (κ1) is 13.8. The summed E-state index contributed by atoms with van der Waals surface area (Å²) in [6.07, 6.45) is 0. The maximum absolute atomic E-state index is 6.03. The van der Waals surface area contributed by atoms with Gasteiger partial charge in [-0.15, -0.1) is 0 Å². The summed E-state index contributed by atoms with van der Waals surface area (Å²) in [5, 5.41) is 0. The lowest BCUT2D eigenvalue weighted by Crippen LogP contribution is -2.21. The normalized spacial score (nSPS) is 10.7. The zero-order valence-corrected chi connectivity index (χ0v) is 14.2. The van der Waals surface area contributed by atoms with Crippen molar-refractivity contribution in [1.82, 2.24) is 4.37 Å². The van der Waals surface area contributed by atoms with Gasteiger partial charge in [0.05, 0.1) is 5.69 Å². The Balaban J connectivity index is 2.14. The summed E-state index contributed by atoms with van der Waals surface area (Å²) in [6, 6.07) is 16.1. The van der Waals surface area contributed by atoms with E-state index in [-0.39, 0.29) is 0 Å². The van der Waals surface area contributed by atoms with E-state index in [0.29, 0.717) is 0 Å². The molecule has 0 aliphatic carbocycles. The first-order valence-corrected chi connectivity index (χ1v) is 8.16. The van der Waals surface area contributed by atoms with Gasteiger partial charge in [0.15, 0.2) is 5.69 Å². The molecule has 0 bridgehead atoms. The van der Waals surface area contributed by atoms with Gasteiger partial charge in [-0.3, -0.25) is 0 Å². The SMILES string of the molecule is [CH-][n+]1snc(-c2ccc(Br)cc2)c1-c1ccc(Br)cc1. The van der Waals surface area contributed by atoms with Crippen molar-refractivity contribution >= 4 is 43.6 Å². The minimum atomic E-state index is 0.896. The fourth-order valence-corrected chi connectivity index (χ4v) is 3.11. The molecule has 1 aromatic heterocycles. The zero-order valence-electron chi connectivity index (χ0n) is 10.3. The molecule has 1 heterocycles. The van der Waals surface area contributed by atoms with Gasteiger partial charge in [-0.25, -0.2) is 0 Å². The molecule has 2 aromatic carbocycles. The van der Waals surface area contributed by atoms with Crippen molar-refractivity contribution in [3.05, 3.63) is 64.5 Å². The first-order valence-electron chi connectivity index (χ1n) is 5.84. The Morgan fingerprint density at radius 2 is 1.35 bits per heavy atom. The minimum absolute atomic E-state index is 0.896. The third kappa shape index (κ3) is 2.66. The molecule has 1 radical (unpaired) electrons. The van der Waals surface area contributed by atoms with E-state index >= 15 is 0 Å². The van der Waals surface area contributed by atoms with Gasteiger partial charge in [-0.2, -0.15) is 0 Å². The Labute approximate surface area is 138 Å². The maximum atomic E-state index is 6.03. The number of aromatic nitrogens is 2. The summed E-state index contributed by atoms with van der Waals surface area (Å²) in [7, 11) is 6.03. The molecule has 3 aromatic rings. The summed E-state index contributed by atoms with van der Waals surface area (Å²) >= 11 is 8.13. The number of benzene rings is 2. The molecule has 0 spiro atoms. The van der Waals surface area contributed by atoms with Crippen LogP contribution in [-0.4, -0.2) is 4.37 Å². The average Bonchev–Trinajstić information content (AvgIpc) is 2.83. The predicted octanol–water partition coefficient (Wildman–Crippen LogP) is 4.81. The van der Waals surface area contributed by atoms with Crippen molar-refractivity contribution in [3.63, 3.8) is 0 Å². The van der Waals surface area contributed by atoms with Crippen LogP contribution in [0.15, 0.2) is 57.5 Å². The van der Waals surface area contributed by atoms with Crippen molar-refractivity contribution in [2.45, 2.75) is 0 Å². The summed E-state index contributed by atoms with van der Waals surface area (Å²) in [5.74, 6) is 0. The largest absolute Gasteiger partial charge is 0.310 e. The lowest BCUT2D eigenvalue weighted by molar-refractivity contribution is -0.525. The minimum Gasteiger partial charge on any atom is -0.310 e. The molecule has 0 aliphatic rings. The lowest BCUT2D eigenvalue weighted by atomic mass is 10.1. The highest BCUT2D eigenvalue weighted by molar-refractivity contribution is 9.10. The molecule has 0 aliphatic heterocycles. The second-order valence-corrected chi connectivity index (χ2v) is 6.78. The highest BCUT2D eigenvalue weighted by atomic mass is 79.9. The molecule has 0 unspecified atom stereocenters. The van der Waals surface area contributed by atoms with E-state index in [1.54, 1.807) is 3.96 Å². The number of rotatable bonds is 2. The van der Waals surface area contributed by atoms with E-state index in [1.165, 1.54) is 11.7 Å². The summed E-state index contributed by atoms with van der Waals surface area (Å²) in [6.45, 7) is 0. The zero-order chi connectivity index (χ0) is 14.1. The average molecular weight is 409 g/mol. The number of nitrogens with zero attached hydrogens (tertiary/aromatic N) is 2. The van der Waals surface area contributed by atoms with Gasteiger partial charge in [-0.1, -0.05) is 68.7 Å². The van der Waals surface area contributed by atoms with Gasteiger partial charge >= 0.3 is 0 Å². The summed E-state index contributed by atoms with van der Waals surface area (Å²) in [5.41, 5.74) is 3.91. The van der Waals surface area contributed by atoms with Gasteiger partial charge in [-0.05, 0) is 24.3 Å². The fraction of sp³-hybridized carbons (Fsp3) is 0. The maximum Gasteiger partial charge on any atom is 0.243 e. The van der Waals surface area contributed by atoms with Gasteiger partial charge < -0.3 is 3.96 Å². The van der Waals surface area contributed by atoms with Crippen molar-refractivity contribution in [2.24, 2.45) is 0 Å². The van der Waals surface area contributed by atoms with Crippen LogP contribution in [0.3, 0.4) is 0 Å². The molecule has 99 valence electrons. The van der Waals surface area contributed by atoms with E-state index in [4.69, 9.17) is 7.05 Å². The van der Waals surface area contributed by atoms with Crippen LogP contribution >= 0.6 is 43.6 Å². The van der Waals surface area contributed by atoms with Crippen molar-refractivity contribution < 1.29 is 3.96 Å². The van der Waals surface area contributed by atoms with Gasteiger partial charge in [0.2, 0.25) is 11.7 Å². The second kappa shape index (κ2) is 5.68. The van der Waals surface area contributed by atoms with Crippen LogP contribution < -0.4 is 3.96 Å². The van der Waals surface area contributed by atoms with Crippen LogP contribution in [0, 0.1) is 7.05 Å². The van der Waals surface area contributed by atoms with Crippen LogP contribution in [-0.2, 0) is 0 Å². The summed E-state index contributed by atoms with van der Waals surface area (Å²) in [4.78, 5) is 0. The topological polar surface area (TPSA) is 16.8 Å². The van der Waals surface area contributed by atoms with E-state index in [9.17, 15) is 0 Å². The van der Waals surface area contributed by atoms with E-state index in [2.05, 4.69) is 36.2 Å². The Kier molecular flexibility index (Phi) is 3.92. The van der Waals surface area contributed by atoms with Crippen molar-refractivity contribution in [3.8, 4) is 22.5 Å². The second-order valence-electron chi connectivity index (χ2n) is 4.21. The molecule has 3 rings (SSSR count). The van der Waals surface area contributed by atoms with Crippen LogP contribution in [0.5, 0.6) is 0 Å². The van der Waals surface area contributed by atoms with Crippen LogP contribution in [0.4, 0.5) is 0 Å². The standard InChI is InChI=1S/C15H9Br2N2S/c1-19-15(11-4-8-13(17)9-5-11)14(18-20-19)10-2-6-12(16)7-3-10/h1-9H. The summed E-state index contributed by atoms with van der Waals surface area (Å²) < 4.78 is 8.15. The van der Waals surface area contributed by atoms with Crippen LogP contribution in [0.25, 0.3) is 22.5 Å². The third-order valence-corrected chi connectivity index (χ3v) is 4.58. The number of halogens is 2. The molecule has 0 saturated heterocycles. The van der Waals surface area contributed by atoms with E-state index in [0.717, 1.165) is 31.5 Å². The molecule has 0 atom stereocenters. The Bertz CT molecular complexity index is 734. The third-order valence-electron chi connectivity index (χ3n) is 2.90. The Morgan fingerprint density at radius 1 is 0.850 bits per heavy atom. The van der Waals surface area contributed by atoms with Crippen LogP contribution in [0.1, 0.15) is 0 Å². The first-order chi connectivity index (χ1) is 9.65. The fourth-order valence-electron chi connectivity index (χ4n) is 1.94. The predicted molar refractivity (Wildman–Crippen MR) is 88.3 cm³/mol.